The molecule has 1 amide bonds. The molecule has 3 heterocycles. The highest BCUT2D eigenvalue weighted by Gasteiger charge is 2.33. The maximum absolute atomic E-state index is 12.9. The van der Waals surface area contributed by atoms with Gasteiger partial charge in [-0.05, 0) is 23.6 Å². The summed E-state index contributed by atoms with van der Waals surface area (Å²) in [6, 6.07) is 12.0. The molecule has 7 heteroatoms. The highest BCUT2D eigenvalue weighted by Crippen LogP contribution is 2.31. The highest BCUT2D eigenvalue weighted by atomic mass is 35.5. The second kappa shape index (κ2) is 7.13. The van der Waals surface area contributed by atoms with Crippen molar-refractivity contribution in [3.8, 4) is 11.4 Å². The fraction of sp³-hybridized carbons (Fsp3) is 0.250. The van der Waals surface area contributed by atoms with Crippen molar-refractivity contribution in [1.29, 1.82) is 0 Å². The molecule has 2 N–H and O–H groups in total. The van der Waals surface area contributed by atoms with Gasteiger partial charge in [-0.3, -0.25) is 14.5 Å². The molecule has 1 aliphatic heterocycles. The van der Waals surface area contributed by atoms with Crippen molar-refractivity contribution in [1.82, 2.24) is 19.7 Å². The van der Waals surface area contributed by atoms with E-state index in [-0.39, 0.29) is 11.9 Å². The molecule has 0 saturated carbocycles. The molecule has 0 bridgehead atoms. The summed E-state index contributed by atoms with van der Waals surface area (Å²) < 4.78 is 1.68. The summed E-state index contributed by atoms with van der Waals surface area (Å²) in [6.45, 7) is 0.927. The summed E-state index contributed by atoms with van der Waals surface area (Å²) in [6.07, 6.45) is 3.95. The number of carbonyl (C=O) groups excluding carboxylic acids is 1. The SMILES string of the molecule is Cn1ncc(Cl)c1-c1cc2c(cn1)C(=O)N([C@H](CN)Cc1ccccc1)C2. The first-order valence-electron chi connectivity index (χ1n) is 8.80. The van der Waals surface area contributed by atoms with Gasteiger partial charge in [0.25, 0.3) is 5.91 Å². The molecule has 3 aromatic rings. The van der Waals surface area contributed by atoms with Gasteiger partial charge >= 0.3 is 0 Å². The smallest absolute Gasteiger partial charge is 0.256 e. The van der Waals surface area contributed by atoms with Crippen LogP contribution < -0.4 is 5.73 Å². The van der Waals surface area contributed by atoms with Crippen LogP contribution in [0.5, 0.6) is 0 Å². The van der Waals surface area contributed by atoms with Gasteiger partial charge in [-0.1, -0.05) is 41.9 Å². The quantitative estimate of drug-likeness (QED) is 0.737. The molecule has 0 unspecified atom stereocenters. The average Bonchev–Trinajstić information content (AvgIpc) is 3.19. The van der Waals surface area contributed by atoms with Gasteiger partial charge in [0.1, 0.15) is 5.69 Å². The van der Waals surface area contributed by atoms with E-state index in [9.17, 15) is 4.79 Å². The number of aryl methyl sites for hydroxylation is 1. The number of nitrogens with two attached hydrogens (primary N) is 1. The van der Waals surface area contributed by atoms with Gasteiger partial charge in [0.05, 0.1) is 22.5 Å². The Morgan fingerprint density at radius 3 is 2.70 bits per heavy atom. The van der Waals surface area contributed by atoms with E-state index in [4.69, 9.17) is 17.3 Å². The summed E-state index contributed by atoms with van der Waals surface area (Å²) in [5.74, 6) is -0.0217. The fourth-order valence-corrected chi connectivity index (χ4v) is 3.82. The number of carbonyl (C=O) groups is 1. The lowest BCUT2D eigenvalue weighted by Crippen LogP contribution is -2.42. The first kappa shape index (κ1) is 17.7. The van der Waals surface area contributed by atoms with E-state index in [1.54, 1.807) is 17.1 Å². The summed E-state index contributed by atoms with van der Waals surface area (Å²) in [5.41, 5.74) is 10.2. The van der Waals surface area contributed by atoms with Crippen LogP contribution >= 0.6 is 11.6 Å². The first-order chi connectivity index (χ1) is 13.1. The molecule has 0 saturated heterocycles. The Balaban J connectivity index is 1.61. The second-order valence-corrected chi connectivity index (χ2v) is 7.11. The van der Waals surface area contributed by atoms with E-state index in [1.807, 2.05) is 36.2 Å². The van der Waals surface area contributed by atoms with E-state index in [2.05, 4.69) is 22.2 Å². The van der Waals surface area contributed by atoms with Gasteiger partial charge in [0.2, 0.25) is 0 Å². The molecule has 1 aliphatic rings. The van der Waals surface area contributed by atoms with E-state index >= 15 is 0 Å². The number of nitrogens with zero attached hydrogens (tertiary/aromatic N) is 4. The molecule has 0 aliphatic carbocycles. The van der Waals surface area contributed by atoms with Crippen LogP contribution in [0.2, 0.25) is 5.02 Å². The van der Waals surface area contributed by atoms with Crippen molar-refractivity contribution in [2.75, 3.05) is 6.54 Å². The third-order valence-electron chi connectivity index (χ3n) is 4.99. The molecule has 1 atom stereocenters. The van der Waals surface area contributed by atoms with E-state index in [0.29, 0.717) is 29.4 Å². The Bertz CT molecular complexity index is 966. The van der Waals surface area contributed by atoms with Crippen LogP contribution in [-0.2, 0) is 20.0 Å². The fourth-order valence-electron chi connectivity index (χ4n) is 3.56. The van der Waals surface area contributed by atoms with Crippen LogP contribution in [0.3, 0.4) is 0 Å². The molecule has 2 aromatic heterocycles. The summed E-state index contributed by atoms with van der Waals surface area (Å²) >= 11 is 6.23. The van der Waals surface area contributed by atoms with Crippen LogP contribution in [0.1, 0.15) is 21.5 Å². The third kappa shape index (κ3) is 3.22. The Hall–Kier alpha value is -2.70. The predicted molar refractivity (Wildman–Crippen MR) is 104 cm³/mol. The molecule has 0 spiro atoms. The number of rotatable bonds is 5. The normalized spacial score (nSPS) is 14.5. The zero-order chi connectivity index (χ0) is 19.0. The first-order valence-corrected chi connectivity index (χ1v) is 9.18. The molecular weight excluding hydrogens is 362 g/mol. The molecule has 4 rings (SSSR count). The van der Waals surface area contributed by atoms with Crippen LogP contribution in [0.15, 0.2) is 48.8 Å². The van der Waals surface area contributed by atoms with Crippen LogP contribution in [0, 0.1) is 0 Å². The zero-order valence-electron chi connectivity index (χ0n) is 15.0. The topological polar surface area (TPSA) is 77.0 Å². The van der Waals surface area contributed by atoms with Gasteiger partial charge < -0.3 is 10.6 Å². The van der Waals surface area contributed by atoms with Crippen LogP contribution in [0.4, 0.5) is 0 Å². The summed E-state index contributed by atoms with van der Waals surface area (Å²) in [5, 5.41) is 4.69. The van der Waals surface area contributed by atoms with Gasteiger partial charge in [0, 0.05) is 32.4 Å². The third-order valence-corrected chi connectivity index (χ3v) is 5.26. The number of amides is 1. The van der Waals surface area contributed by atoms with E-state index in [0.717, 1.165) is 23.2 Å². The van der Waals surface area contributed by atoms with Gasteiger partial charge in [-0.2, -0.15) is 5.10 Å². The van der Waals surface area contributed by atoms with Crippen molar-refractivity contribution >= 4 is 17.5 Å². The molecule has 6 nitrogen and oxygen atoms in total. The Morgan fingerprint density at radius 2 is 2.04 bits per heavy atom. The Labute approximate surface area is 162 Å². The number of fused-ring (bicyclic) bond motifs is 1. The monoisotopic (exact) mass is 381 g/mol. The number of aromatic nitrogens is 3. The molecule has 27 heavy (non-hydrogen) atoms. The highest BCUT2D eigenvalue weighted by molar-refractivity contribution is 6.32. The number of hydrogen-bond donors (Lipinski definition) is 1. The summed E-state index contributed by atoms with van der Waals surface area (Å²) in [4.78, 5) is 19.2. The lowest BCUT2D eigenvalue weighted by Gasteiger charge is -2.26. The standard InChI is InChI=1S/C20H20ClN5O/c1-25-19(17(21)11-24-25)18-8-14-12-26(20(27)16(14)10-23-18)15(9-22)7-13-5-3-2-4-6-13/h2-6,8,10-11,15H,7,9,12,22H2,1H3/t15-/m0/s1. The average molecular weight is 382 g/mol. The molecule has 0 fully saturated rings. The Kier molecular flexibility index (Phi) is 4.68. The second-order valence-electron chi connectivity index (χ2n) is 6.70. The van der Waals surface area contributed by atoms with Crippen molar-refractivity contribution in [2.45, 2.75) is 19.0 Å². The summed E-state index contributed by atoms with van der Waals surface area (Å²) in [7, 11) is 1.82. The number of pyridine rings is 1. The van der Waals surface area contributed by atoms with Crippen molar-refractivity contribution < 1.29 is 4.79 Å². The van der Waals surface area contributed by atoms with E-state index in [1.165, 1.54) is 0 Å². The maximum Gasteiger partial charge on any atom is 0.256 e. The van der Waals surface area contributed by atoms with Crippen LogP contribution in [-0.4, -0.2) is 38.2 Å². The van der Waals surface area contributed by atoms with Crippen molar-refractivity contribution in [3.63, 3.8) is 0 Å². The van der Waals surface area contributed by atoms with Crippen molar-refractivity contribution in [3.05, 3.63) is 70.5 Å². The molecule has 0 radical (unpaired) electrons. The lowest BCUT2D eigenvalue weighted by atomic mass is 10.0. The number of hydrogen-bond acceptors (Lipinski definition) is 4. The largest absolute Gasteiger partial charge is 0.330 e. The van der Waals surface area contributed by atoms with Gasteiger partial charge in [-0.15, -0.1) is 0 Å². The molecular formula is C20H20ClN5O. The minimum atomic E-state index is -0.0592. The molecule has 138 valence electrons. The lowest BCUT2D eigenvalue weighted by molar-refractivity contribution is 0.0708. The van der Waals surface area contributed by atoms with E-state index < -0.39 is 0 Å². The Morgan fingerprint density at radius 1 is 1.26 bits per heavy atom. The van der Waals surface area contributed by atoms with Crippen LogP contribution in [0.25, 0.3) is 11.4 Å². The zero-order valence-corrected chi connectivity index (χ0v) is 15.7. The predicted octanol–water partition coefficient (Wildman–Crippen LogP) is 2.66. The van der Waals surface area contributed by atoms with Crippen molar-refractivity contribution in [2.24, 2.45) is 12.8 Å². The van der Waals surface area contributed by atoms with Gasteiger partial charge in [-0.25, -0.2) is 0 Å². The number of halogens is 1. The minimum absolute atomic E-state index is 0.0217. The minimum Gasteiger partial charge on any atom is -0.330 e. The molecule has 1 aromatic carbocycles. The van der Waals surface area contributed by atoms with Gasteiger partial charge in [0.15, 0.2) is 0 Å². The maximum atomic E-state index is 12.9. The number of benzene rings is 1.